The minimum Gasteiger partial charge on any atom is -1.00 e. The largest absolute Gasteiger partial charge is 3.00 e. The van der Waals surface area contributed by atoms with Gasteiger partial charge in [0.2, 0.25) is 0 Å². The van der Waals surface area contributed by atoms with Gasteiger partial charge in [-0.25, -0.2) is 0 Å². The summed E-state index contributed by atoms with van der Waals surface area (Å²) >= 11 is 0. The summed E-state index contributed by atoms with van der Waals surface area (Å²) in [6.45, 7) is 0. The van der Waals surface area contributed by atoms with Gasteiger partial charge in [-0.3, -0.25) is 0 Å². The predicted molar refractivity (Wildman–Crippen MR) is 31.4 cm³/mol. The number of hydrogen-bond donors (Lipinski definition) is 1. The second kappa shape index (κ2) is 3.70. The zero-order chi connectivity index (χ0) is 5.11. The Morgan fingerprint density at radius 2 is 1.62 bits per heavy atom. The monoisotopic (exact) mass is 145 g/mol. The van der Waals surface area contributed by atoms with Crippen molar-refractivity contribution in [1.29, 1.82) is 0 Å². The van der Waals surface area contributed by atoms with Gasteiger partial charge in [0, 0.05) is 0 Å². The molecular formula is C6H9OTi. The smallest absolute Gasteiger partial charge is 1.00 e. The molecule has 8 heavy (non-hydrogen) atoms. The fourth-order valence-electron chi connectivity index (χ4n) is 0.428. The van der Waals surface area contributed by atoms with Gasteiger partial charge < -0.3 is 9.39 Å². The quantitative estimate of drug-likeness (QED) is 0.551. The van der Waals surface area contributed by atoms with Crippen LogP contribution in [0.1, 0.15) is 4.28 Å². The molecule has 1 aromatic rings. The Bertz CT molecular complexity index is 148. The van der Waals surface area contributed by atoms with Crippen LogP contribution in [0.4, 0.5) is 0 Å². The molecule has 0 saturated carbocycles. The normalized spacial score (nSPS) is 7.50. The van der Waals surface area contributed by atoms with E-state index in [1.807, 2.05) is 6.07 Å². The van der Waals surface area contributed by atoms with Gasteiger partial charge in [-0.1, -0.05) is 18.2 Å². The maximum atomic E-state index is 8.63. The molecule has 2 heteroatoms. The molecule has 1 N–H and O–H groups in total. The molecule has 1 radical (unpaired) electrons. The van der Waals surface area contributed by atoms with Crippen molar-refractivity contribution in [3.8, 4) is 5.75 Å². The van der Waals surface area contributed by atoms with E-state index in [9.17, 15) is 0 Å². The maximum Gasteiger partial charge on any atom is 3.00 e. The van der Waals surface area contributed by atoms with Crippen LogP contribution in [-0.4, -0.2) is 5.11 Å². The molecule has 0 aromatic heterocycles. The van der Waals surface area contributed by atoms with E-state index in [1.54, 1.807) is 24.3 Å². The summed E-state index contributed by atoms with van der Waals surface area (Å²) in [5.74, 6) is 0.322. The summed E-state index contributed by atoms with van der Waals surface area (Å²) in [4.78, 5) is 0. The third-order valence-corrected chi connectivity index (χ3v) is 0.756. The molecule has 0 amide bonds. The molecular weight excluding hydrogens is 136 g/mol. The van der Waals surface area contributed by atoms with E-state index < -0.39 is 0 Å². The first-order valence-electron chi connectivity index (χ1n) is 2.13. The van der Waals surface area contributed by atoms with Gasteiger partial charge in [0.25, 0.3) is 0 Å². The number of phenols is 1. The number of aromatic hydroxyl groups is 1. The predicted octanol–water partition coefficient (Wildman–Crippen LogP) is 1.73. The summed E-state index contributed by atoms with van der Waals surface area (Å²) in [7, 11) is 0. The van der Waals surface area contributed by atoms with Gasteiger partial charge in [-0.2, -0.15) is 0 Å². The van der Waals surface area contributed by atoms with E-state index in [-0.39, 0.29) is 26.0 Å². The van der Waals surface area contributed by atoms with Crippen molar-refractivity contribution in [3.05, 3.63) is 30.3 Å². The summed E-state index contributed by atoms with van der Waals surface area (Å²) in [6, 6.07) is 8.71. The minimum absolute atomic E-state index is 0. The molecule has 1 aromatic carbocycles. The Balaban J connectivity index is -0.0000000612. The van der Waals surface area contributed by atoms with Crippen LogP contribution >= 0.6 is 0 Å². The number of para-hydroxylation sites is 1. The van der Waals surface area contributed by atoms with Crippen molar-refractivity contribution in [2.75, 3.05) is 0 Å². The van der Waals surface area contributed by atoms with Crippen LogP contribution in [0, 0.1) is 0 Å². The topological polar surface area (TPSA) is 20.2 Å². The SMILES string of the molecule is Oc1ccccc1.[H-].[H-].[H-].[Ti+3]. The van der Waals surface area contributed by atoms with Crippen molar-refractivity contribution in [1.82, 2.24) is 0 Å². The summed E-state index contributed by atoms with van der Waals surface area (Å²) in [5, 5.41) is 8.63. The molecule has 0 heterocycles. The second-order valence-electron chi connectivity index (χ2n) is 1.34. The molecule has 0 aliphatic carbocycles. The molecule has 0 atom stereocenters. The minimum atomic E-state index is 0. The van der Waals surface area contributed by atoms with Gasteiger partial charge in [0.15, 0.2) is 0 Å². The Kier molecular flexibility index (Phi) is 3.58. The van der Waals surface area contributed by atoms with Gasteiger partial charge >= 0.3 is 21.7 Å². The Labute approximate surface area is 67.7 Å². The van der Waals surface area contributed by atoms with E-state index in [0.717, 1.165) is 0 Å². The fraction of sp³-hybridized carbons (Fsp3) is 0. The molecule has 0 aliphatic rings. The first-order chi connectivity index (χ1) is 3.39. The third-order valence-electron chi connectivity index (χ3n) is 0.756. The van der Waals surface area contributed by atoms with Crippen LogP contribution in [-0.2, 0) is 21.7 Å². The average Bonchev–Trinajstić information content (AvgIpc) is 1.69. The van der Waals surface area contributed by atoms with Crippen LogP contribution in [0.3, 0.4) is 0 Å². The summed E-state index contributed by atoms with van der Waals surface area (Å²) < 4.78 is 0. The molecule has 1 nitrogen and oxygen atoms in total. The van der Waals surface area contributed by atoms with Gasteiger partial charge in [0.1, 0.15) is 5.75 Å². The van der Waals surface area contributed by atoms with Crippen LogP contribution in [0.2, 0.25) is 0 Å². The molecule has 0 bridgehead atoms. The Hall–Kier alpha value is -0.266. The molecule has 0 unspecified atom stereocenters. The van der Waals surface area contributed by atoms with E-state index in [4.69, 9.17) is 5.11 Å². The molecule has 1 rings (SSSR count). The zero-order valence-corrected chi connectivity index (χ0v) is 5.90. The van der Waals surface area contributed by atoms with E-state index in [0.29, 0.717) is 5.75 Å². The third kappa shape index (κ3) is 2.15. The van der Waals surface area contributed by atoms with Crippen molar-refractivity contribution >= 4 is 0 Å². The molecule has 43 valence electrons. The number of phenolic OH excluding ortho intramolecular Hbond substituents is 1. The van der Waals surface area contributed by atoms with Crippen LogP contribution < -0.4 is 0 Å². The Morgan fingerprint density at radius 3 is 1.88 bits per heavy atom. The maximum absolute atomic E-state index is 8.63. The van der Waals surface area contributed by atoms with Crippen molar-refractivity contribution in [2.24, 2.45) is 0 Å². The fourth-order valence-corrected chi connectivity index (χ4v) is 0.428. The first-order valence-corrected chi connectivity index (χ1v) is 2.13. The number of hydrogen-bond acceptors (Lipinski definition) is 1. The second-order valence-corrected chi connectivity index (χ2v) is 1.34. The molecule has 0 aliphatic heterocycles. The van der Waals surface area contributed by atoms with E-state index in [2.05, 4.69) is 0 Å². The summed E-state index contributed by atoms with van der Waals surface area (Å²) in [5.41, 5.74) is 0. The standard InChI is InChI=1S/C6H6O.Ti.3H/c7-6-4-2-1-3-5-6;;;;/h1-5,7H;;;;/q;+3;3*-1. The van der Waals surface area contributed by atoms with Gasteiger partial charge in [0.05, 0.1) is 0 Å². The van der Waals surface area contributed by atoms with Crippen LogP contribution in [0.15, 0.2) is 30.3 Å². The van der Waals surface area contributed by atoms with Gasteiger partial charge in [-0.05, 0) is 12.1 Å². The van der Waals surface area contributed by atoms with Crippen molar-refractivity contribution in [3.63, 3.8) is 0 Å². The molecule has 0 fully saturated rings. The van der Waals surface area contributed by atoms with Crippen LogP contribution in [0.25, 0.3) is 0 Å². The number of benzene rings is 1. The summed E-state index contributed by atoms with van der Waals surface area (Å²) in [6.07, 6.45) is 0. The van der Waals surface area contributed by atoms with Gasteiger partial charge in [-0.15, -0.1) is 0 Å². The zero-order valence-electron chi connectivity index (χ0n) is 7.33. The molecule has 0 saturated heterocycles. The van der Waals surface area contributed by atoms with Crippen molar-refractivity contribution < 1.29 is 31.1 Å². The average molecular weight is 145 g/mol. The molecule has 0 spiro atoms. The van der Waals surface area contributed by atoms with Crippen molar-refractivity contribution in [2.45, 2.75) is 0 Å². The number of rotatable bonds is 0. The van der Waals surface area contributed by atoms with Crippen LogP contribution in [0.5, 0.6) is 5.75 Å². The van der Waals surface area contributed by atoms with E-state index >= 15 is 0 Å². The Morgan fingerprint density at radius 1 is 1.12 bits per heavy atom. The first kappa shape index (κ1) is 7.73. The van der Waals surface area contributed by atoms with E-state index in [1.165, 1.54) is 0 Å².